The molecular formula is C43H45F3N2O4S. The van der Waals surface area contributed by atoms with Crippen LogP contribution in [0.25, 0.3) is 16.5 Å². The molecule has 1 N–H and O–H groups in total. The van der Waals surface area contributed by atoms with Crippen LogP contribution in [0.4, 0.5) is 24.5 Å². The van der Waals surface area contributed by atoms with Gasteiger partial charge in [0.05, 0.1) is 5.41 Å². The molecule has 1 aromatic heterocycles. The Kier molecular flexibility index (Phi) is 10.2. The van der Waals surface area contributed by atoms with Crippen LogP contribution in [-0.4, -0.2) is 46.4 Å². The summed E-state index contributed by atoms with van der Waals surface area (Å²) in [5, 5.41) is 23.0. The summed E-state index contributed by atoms with van der Waals surface area (Å²) in [5.41, 5.74) is 4.48. The Morgan fingerprint density at radius 2 is 1.68 bits per heavy atom. The van der Waals surface area contributed by atoms with E-state index in [4.69, 9.17) is 5.11 Å². The van der Waals surface area contributed by atoms with Crippen LogP contribution in [0.15, 0.2) is 94.9 Å². The number of unbranched alkanes of at least 4 members (excludes halogenated alkanes) is 3. The molecule has 3 aromatic rings. The minimum absolute atomic E-state index is 0.162. The number of thiophene rings is 1. The van der Waals surface area contributed by atoms with Crippen molar-refractivity contribution in [2.24, 2.45) is 0 Å². The van der Waals surface area contributed by atoms with E-state index in [1.807, 2.05) is 30.3 Å². The van der Waals surface area contributed by atoms with Crippen LogP contribution < -0.4 is 10.0 Å². The fraction of sp³-hybridized carbons (Fsp3) is 0.372. The lowest BCUT2D eigenvalue weighted by Crippen LogP contribution is -2.35. The normalized spacial score (nSPS) is 19.4. The van der Waals surface area contributed by atoms with E-state index in [-0.39, 0.29) is 33.0 Å². The quantitative estimate of drug-likeness (QED) is 0.114. The van der Waals surface area contributed by atoms with E-state index in [0.29, 0.717) is 17.5 Å². The van der Waals surface area contributed by atoms with Crippen LogP contribution in [0.5, 0.6) is 0 Å². The summed E-state index contributed by atoms with van der Waals surface area (Å²) in [6, 6.07) is 17.3. The summed E-state index contributed by atoms with van der Waals surface area (Å²) >= 11 is 1.08. The number of carbonyl (C=O) groups is 2. The second-order valence-electron chi connectivity index (χ2n) is 15.0. The number of hydrogen-bond acceptors (Lipinski definition) is 5. The van der Waals surface area contributed by atoms with Gasteiger partial charge < -0.3 is 15.1 Å². The lowest BCUT2D eigenvalue weighted by molar-refractivity contribution is -0.437. The van der Waals surface area contributed by atoms with Crippen molar-refractivity contribution in [2.45, 2.75) is 90.7 Å². The van der Waals surface area contributed by atoms with Gasteiger partial charge in [-0.3, -0.25) is 4.79 Å². The molecule has 2 aliphatic heterocycles. The number of anilines is 1. The van der Waals surface area contributed by atoms with Crippen LogP contribution in [-0.2, 0) is 20.4 Å². The summed E-state index contributed by atoms with van der Waals surface area (Å²) in [6.07, 6.45) is 4.25. The first kappa shape index (κ1) is 38.0. The fourth-order valence-corrected chi connectivity index (χ4v) is 8.70. The molecule has 6 rings (SSSR count). The van der Waals surface area contributed by atoms with Gasteiger partial charge in [-0.15, -0.1) is 11.3 Å². The van der Waals surface area contributed by atoms with Gasteiger partial charge in [-0.2, -0.15) is 17.7 Å². The van der Waals surface area contributed by atoms with Gasteiger partial charge in [-0.25, -0.2) is 4.79 Å². The van der Waals surface area contributed by atoms with E-state index >= 15 is 0 Å². The van der Waals surface area contributed by atoms with E-state index in [1.54, 1.807) is 18.2 Å². The molecule has 3 heterocycles. The molecule has 3 aliphatic rings. The van der Waals surface area contributed by atoms with E-state index in [9.17, 15) is 27.9 Å². The molecule has 2 aromatic carbocycles. The number of halogens is 3. The summed E-state index contributed by atoms with van der Waals surface area (Å²) < 4.78 is 42.2. The first-order valence-corrected chi connectivity index (χ1v) is 19.0. The number of aliphatic carboxylic acids is 1. The molecule has 0 radical (unpaired) electrons. The van der Waals surface area contributed by atoms with Crippen molar-refractivity contribution in [3.05, 3.63) is 111 Å². The number of nitrogens with zero attached hydrogens (tertiary/aromatic N) is 2. The average Bonchev–Trinajstić information content (AvgIpc) is 3.72. The standard InChI is InChI=1S/C43H45F3N2O4S/c1-7-9-10-13-21-48-34-18-16-26(35-19-17-27(53-35)23-32(40(51)52)43(44,45)46)22-31(34)42(5,6)37(48)25-29-38(49)28(39(29)50)24-36-41(3,4)30-14-11-12-15-33(30)47(36)20-8-2/h11-12,14-19,22-25H,7-10,13,20-21H2,1-6H3,(H-,49,50,51,52)/b32-23-. The van der Waals surface area contributed by atoms with Crippen molar-refractivity contribution in [2.75, 3.05) is 18.0 Å². The second-order valence-corrected chi connectivity index (χ2v) is 16.1. The number of alkyl halides is 3. The average molecular weight is 743 g/mol. The molecule has 0 saturated carbocycles. The molecule has 0 saturated heterocycles. The van der Waals surface area contributed by atoms with E-state index in [1.165, 1.54) is 6.07 Å². The number of carbonyl (C=O) groups excluding carboxylic acids is 1. The van der Waals surface area contributed by atoms with E-state index in [2.05, 4.69) is 63.2 Å². The monoisotopic (exact) mass is 742 g/mol. The summed E-state index contributed by atoms with van der Waals surface area (Å²) in [6.45, 7) is 14.1. The molecule has 0 unspecified atom stereocenters. The third-order valence-corrected chi connectivity index (χ3v) is 11.7. The number of carboxylic acids is 1. The number of fused-ring (bicyclic) bond motifs is 2. The van der Waals surface area contributed by atoms with E-state index in [0.717, 1.165) is 89.5 Å². The zero-order valence-electron chi connectivity index (χ0n) is 31.0. The summed E-state index contributed by atoms with van der Waals surface area (Å²) in [4.78, 5) is 28.2. The minimum Gasteiger partial charge on any atom is -0.871 e. The number of Topliss-reactive ketones (excluding diaryl/α,β-unsaturated/α-hetero) is 1. The summed E-state index contributed by atoms with van der Waals surface area (Å²) in [5.74, 6) is -2.56. The highest BCUT2D eigenvalue weighted by molar-refractivity contribution is 7.16. The van der Waals surface area contributed by atoms with Crippen molar-refractivity contribution in [3.63, 3.8) is 0 Å². The van der Waals surface area contributed by atoms with Crippen molar-refractivity contribution >= 4 is 46.3 Å². The van der Waals surface area contributed by atoms with Crippen molar-refractivity contribution < 1.29 is 37.5 Å². The van der Waals surface area contributed by atoms with Gasteiger partial charge in [-0.1, -0.05) is 77.0 Å². The molecule has 6 nitrogen and oxygen atoms in total. The lowest BCUT2D eigenvalue weighted by Gasteiger charge is -2.33. The van der Waals surface area contributed by atoms with Crippen molar-refractivity contribution in [3.8, 4) is 10.4 Å². The number of rotatable bonds is 12. The molecule has 0 bridgehead atoms. The van der Waals surface area contributed by atoms with Gasteiger partial charge in [-0.05, 0) is 67.8 Å². The molecule has 0 amide bonds. The molecular weight excluding hydrogens is 698 g/mol. The third kappa shape index (κ3) is 6.82. The van der Waals surface area contributed by atoms with Crippen molar-refractivity contribution in [1.82, 2.24) is 0 Å². The number of para-hydroxylation sites is 1. The molecule has 1 aliphatic carbocycles. The summed E-state index contributed by atoms with van der Waals surface area (Å²) in [7, 11) is 0. The number of allylic oxidation sites excluding steroid dienone is 5. The first-order valence-electron chi connectivity index (χ1n) is 18.2. The van der Waals surface area contributed by atoms with Crippen molar-refractivity contribution in [1.29, 1.82) is 0 Å². The van der Waals surface area contributed by atoms with Crippen LogP contribution in [0.2, 0.25) is 0 Å². The molecule has 10 heteroatoms. The van der Waals surface area contributed by atoms with Crippen LogP contribution >= 0.6 is 11.3 Å². The maximum atomic E-state index is 13.9. The number of hydrogen-bond donors (Lipinski definition) is 1. The zero-order chi connectivity index (χ0) is 38.5. The van der Waals surface area contributed by atoms with Gasteiger partial charge in [0, 0.05) is 68.4 Å². The number of carboxylic acid groups (broad SMARTS) is 1. The fourth-order valence-electron chi connectivity index (χ4n) is 7.75. The lowest BCUT2D eigenvalue weighted by atomic mass is 9.77. The third-order valence-electron chi connectivity index (χ3n) is 10.6. The van der Waals surface area contributed by atoms with Gasteiger partial charge in [0.1, 0.15) is 12.1 Å². The van der Waals surface area contributed by atoms with Gasteiger partial charge in [0.15, 0.2) is 11.5 Å². The minimum atomic E-state index is -4.98. The molecule has 0 spiro atoms. The molecule has 53 heavy (non-hydrogen) atoms. The Morgan fingerprint density at radius 1 is 0.943 bits per heavy atom. The van der Waals surface area contributed by atoms with Gasteiger partial charge in [0.25, 0.3) is 0 Å². The highest BCUT2D eigenvalue weighted by Gasteiger charge is 2.46. The maximum absolute atomic E-state index is 13.9. The number of benzene rings is 2. The second kappa shape index (κ2) is 14.3. The Labute approximate surface area is 313 Å². The smallest absolute Gasteiger partial charge is 0.423 e. The molecule has 0 atom stereocenters. The highest BCUT2D eigenvalue weighted by atomic mass is 32.1. The Balaban J connectivity index is 1.38. The Bertz CT molecular complexity index is 2140. The molecule has 278 valence electrons. The topological polar surface area (TPSA) is 83.7 Å². The SMILES string of the molecule is CCCCCCN1C(=CC2=C([O-])C(=CC3=[N+](CCC)c4ccccc4C3(C)C)C2=O)C(C)(C)c2cc(-c3ccc(/C=C(/C(=O)O)C(F)(F)F)s3)ccc21. The first-order chi connectivity index (χ1) is 25.0. The Morgan fingerprint density at radius 3 is 2.34 bits per heavy atom. The maximum Gasteiger partial charge on any atom is 0.423 e. The van der Waals surface area contributed by atoms with Gasteiger partial charge in [0.2, 0.25) is 5.69 Å². The molecule has 0 fully saturated rings. The predicted molar refractivity (Wildman–Crippen MR) is 204 cm³/mol. The van der Waals surface area contributed by atoms with Gasteiger partial charge >= 0.3 is 12.1 Å². The number of ketones is 1. The predicted octanol–water partition coefficient (Wildman–Crippen LogP) is 9.62. The van der Waals surface area contributed by atoms with Crippen LogP contribution in [0, 0.1) is 0 Å². The van der Waals surface area contributed by atoms with Crippen LogP contribution in [0.3, 0.4) is 0 Å². The highest BCUT2D eigenvalue weighted by Crippen LogP contribution is 2.51. The largest absolute Gasteiger partial charge is 0.871 e. The zero-order valence-corrected chi connectivity index (χ0v) is 31.8. The van der Waals surface area contributed by atoms with E-state index < -0.39 is 23.1 Å². The Hall–Kier alpha value is -4.70. The van der Waals surface area contributed by atoms with Crippen LogP contribution in [0.1, 0.15) is 89.7 Å².